The average molecular weight is 782 g/mol. The Balaban J connectivity index is 0.984. The molecular formula is C45H57N4O6S+. The monoisotopic (exact) mass is 781 g/mol. The molecule has 6 rings (SSSR count). The summed E-state index contributed by atoms with van der Waals surface area (Å²) >= 11 is 0. The van der Waals surface area contributed by atoms with E-state index in [1.807, 2.05) is 12.2 Å². The number of nitrogens with zero attached hydrogens (tertiary/aromatic N) is 2. The normalized spacial score (nSPS) is 22.6. The lowest BCUT2D eigenvalue weighted by molar-refractivity contribution is -0.401. The van der Waals surface area contributed by atoms with Gasteiger partial charge < -0.3 is 20.3 Å². The van der Waals surface area contributed by atoms with Crippen LogP contribution in [0.3, 0.4) is 0 Å². The molecule has 298 valence electrons. The van der Waals surface area contributed by atoms with Gasteiger partial charge in [-0.3, -0.25) is 9.35 Å². The van der Waals surface area contributed by atoms with Gasteiger partial charge in [0.05, 0.1) is 16.9 Å². The highest BCUT2D eigenvalue weighted by Crippen LogP contribution is 2.52. The maximum absolute atomic E-state index is 12.5. The van der Waals surface area contributed by atoms with Crippen LogP contribution in [-0.2, 0) is 30.5 Å². The molecule has 2 amide bonds. The predicted octanol–water partition coefficient (Wildman–Crippen LogP) is 7.58. The molecule has 11 heteroatoms. The molecule has 2 aromatic carbocycles. The van der Waals surface area contributed by atoms with Crippen LogP contribution in [0.25, 0.3) is 0 Å². The van der Waals surface area contributed by atoms with Crippen LogP contribution in [0.4, 0.5) is 16.2 Å². The van der Waals surface area contributed by atoms with Crippen LogP contribution in [0.5, 0.6) is 0 Å². The minimum atomic E-state index is -4.37. The SMILES string of the molecule is C[N+]1=C(/C=C/C=C/C=C2\N(CCCCCC(=O)NCCNC(=O)OCC3[C@H]4CCC#CCC[C@@H]34)c3ccc(S(=O)(=O)O)cc3C2(C)C)C(C)(C)c2ccccc21. The van der Waals surface area contributed by atoms with Crippen LogP contribution in [0.1, 0.15) is 90.2 Å². The van der Waals surface area contributed by atoms with E-state index in [9.17, 15) is 22.6 Å². The Bertz CT molecular complexity index is 2100. The summed E-state index contributed by atoms with van der Waals surface area (Å²) in [6.45, 7) is 10.4. The number of carbonyl (C=O) groups excluding carboxylic acids is 2. The summed E-state index contributed by atoms with van der Waals surface area (Å²) in [7, 11) is -2.27. The van der Waals surface area contributed by atoms with E-state index < -0.39 is 21.6 Å². The molecule has 56 heavy (non-hydrogen) atoms. The van der Waals surface area contributed by atoms with E-state index in [1.165, 1.54) is 23.0 Å². The van der Waals surface area contributed by atoms with Crippen molar-refractivity contribution in [3.8, 4) is 11.8 Å². The molecule has 2 heterocycles. The highest BCUT2D eigenvalue weighted by Gasteiger charge is 2.49. The lowest BCUT2D eigenvalue weighted by atomic mass is 9.81. The minimum absolute atomic E-state index is 0.0602. The third kappa shape index (κ3) is 9.14. The maximum Gasteiger partial charge on any atom is 0.407 e. The second-order valence-corrected chi connectivity index (χ2v) is 17.8. The standard InChI is InChI=1S/C45H56N4O6S/c1-44(2)36-20-15-16-21-38(36)48(5)40(44)22-12-8-13-23-41-45(3,4)37-30-32(56(52,53)54)25-26-39(37)49(41)29-17-9-14-24-42(50)46-27-28-47-43(51)55-31-35-33-18-10-6-7-11-19-34(33)35/h8,12-13,15-16,20-23,25-26,30,33-35H,9-11,14,17-19,24,27-29,31H2,1-5H3,(H2-,46,47,50,51,52,53,54)/p+1/t33-,34+,35?. The van der Waals surface area contributed by atoms with E-state index in [0.29, 0.717) is 56.8 Å². The molecule has 0 aromatic heterocycles. The molecule has 2 aliphatic carbocycles. The number of allylic oxidation sites excluding steroid dienone is 6. The number of carbonyl (C=O) groups is 2. The van der Waals surface area contributed by atoms with Gasteiger partial charge in [0, 0.05) is 73.4 Å². The Morgan fingerprint density at radius 1 is 0.929 bits per heavy atom. The summed E-state index contributed by atoms with van der Waals surface area (Å²) in [6, 6.07) is 13.3. The van der Waals surface area contributed by atoms with Crippen molar-refractivity contribution in [2.24, 2.45) is 17.8 Å². The molecule has 0 bridgehead atoms. The van der Waals surface area contributed by atoms with Gasteiger partial charge in [-0.05, 0) is 87.1 Å². The number of para-hydroxylation sites is 1. The summed E-state index contributed by atoms with van der Waals surface area (Å²) < 4.78 is 41.6. The lowest BCUT2D eigenvalue weighted by Gasteiger charge is -2.27. The number of alkyl carbamates (subject to hydrolysis) is 1. The molecule has 1 saturated carbocycles. The van der Waals surface area contributed by atoms with Gasteiger partial charge in [-0.2, -0.15) is 13.0 Å². The van der Waals surface area contributed by atoms with E-state index in [-0.39, 0.29) is 16.2 Å². The number of nitrogens with one attached hydrogen (secondary N) is 2. The fourth-order valence-corrected chi connectivity index (χ4v) is 9.41. The maximum atomic E-state index is 12.5. The van der Waals surface area contributed by atoms with Crippen molar-refractivity contribution in [1.82, 2.24) is 10.6 Å². The Kier molecular flexibility index (Phi) is 12.6. The minimum Gasteiger partial charge on any atom is -0.449 e. The van der Waals surface area contributed by atoms with E-state index in [1.54, 1.807) is 12.1 Å². The first-order chi connectivity index (χ1) is 26.7. The summed E-state index contributed by atoms with van der Waals surface area (Å²) in [6.07, 6.45) is 16.6. The fraction of sp³-hybridized carbons (Fsp3) is 0.489. The van der Waals surface area contributed by atoms with Crippen molar-refractivity contribution in [2.45, 2.75) is 94.8 Å². The van der Waals surface area contributed by atoms with Gasteiger partial charge in [0.2, 0.25) is 11.6 Å². The van der Waals surface area contributed by atoms with Crippen molar-refractivity contribution in [2.75, 3.05) is 38.2 Å². The number of rotatable bonds is 15. The van der Waals surface area contributed by atoms with Crippen molar-refractivity contribution in [1.29, 1.82) is 0 Å². The third-order valence-corrected chi connectivity index (χ3v) is 12.9. The Morgan fingerprint density at radius 3 is 2.36 bits per heavy atom. The first-order valence-corrected chi connectivity index (χ1v) is 21.4. The van der Waals surface area contributed by atoms with Crippen molar-refractivity contribution < 1.29 is 31.9 Å². The quantitative estimate of drug-likeness (QED) is 0.0559. The number of hydrogen-bond donors (Lipinski definition) is 3. The number of amides is 2. The van der Waals surface area contributed by atoms with Crippen LogP contribution in [-0.4, -0.2) is 68.5 Å². The summed E-state index contributed by atoms with van der Waals surface area (Å²) in [4.78, 5) is 26.8. The molecule has 1 fully saturated rings. The average Bonchev–Trinajstić information content (AvgIpc) is 3.68. The van der Waals surface area contributed by atoms with Crippen molar-refractivity contribution in [3.63, 3.8) is 0 Å². The molecule has 3 N–H and O–H groups in total. The van der Waals surface area contributed by atoms with Crippen LogP contribution < -0.4 is 15.5 Å². The van der Waals surface area contributed by atoms with Crippen molar-refractivity contribution >= 4 is 39.2 Å². The molecular weight excluding hydrogens is 725 g/mol. The van der Waals surface area contributed by atoms with Crippen molar-refractivity contribution in [3.05, 3.63) is 89.7 Å². The molecule has 1 unspecified atom stereocenters. The zero-order valence-electron chi connectivity index (χ0n) is 33.4. The number of fused-ring (bicyclic) bond motifs is 3. The van der Waals surface area contributed by atoms with E-state index in [4.69, 9.17) is 4.74 Å². The molecule has 4 aliphatic rings. The van der Waals surface area contributed by atoms with Gasteiger partial charge >= 0.3 is 6.09 Å². The van der Waals surface area contributed by atoms with E-state index in [2.05, 4.69) is 109 Å². The third-order valence-electron chi connectivity index (χ3n) is 12.1. The van der Waals surface area contributed by atoms with Crippen LogP contribution >= 0.6 is 0 Å². The van der Waals surface area contributed by atoms with E-state index in [0.717, 1.165) is 55.5 Å². The molecule has 0 saturated heterocycles. The van der Waals surface area contributed by atoms with E-state index >= 15 is 0 Å². The number of ether oxygens (including phenoxy) is 1. The highest BCUT2D eigenvalue weighted by atomic mass is 32.2. The summed E-state index contributed by atoms with van der Waals surface area (Å²) in [5.41, 5.74) is 5.81. The Labute approximate surface area is 332 Å². The largest absolute Gasteiger partial charge is 0.449 e. The molecule has 2 aliphatic heterocycles. The van der Waals surface area contributed by atoms with Gasteiger partial charge in [-0.1, -0.05) is 56.7 Å². The van der Waals surface area contributed by atoms with Crippen LogP contribution in [0.15, 0.2) is 83.4 Å². The van der Waals surface area contributed by atoms with Gasteiger partial charge in [-0.15, -0.1) is 11.8 Å². The molecule has 10 nitrogen and oxygen atoms in total. The topological polar surface area (TPSA) is 128 Å². The van der Waals surface area contributed by atoms with Gasteiger partial charge in [0.1, 0.15) is 7.05 Å². The zero-order valence-corrected chi connectivity index (χ0v) is 34.3. The first-order valence-electron chi connectivity index (χ1n) is 20.0. The number of hydrogen-bond acceptors (Lipinski definition) is 6. The number of benzene rings is 2. The smallest absolute Gasteiger partial charge is 0.407 e. The van der Waals surface area contributed by atoms with Gasteiger partial charge in [0.15, 0.2) is 5.71 Å². The molecule has 0 radical (unpaired) electrons. The fourth-order valence-electron chi connectivity index (χ4n) is 8.91. The Morgan fingerprint density at radius 2 is 1.64 bits per heavy atom. The predicted molar refractivity (Wildman–Crippen MR) is 221 cm³/mol. The molecule has 2 aromatic rings. The first kappa shape index (κ1) is 41.0. The zero-order chi connectivity index (χ0) is 40.1. The van der Waals surface area contributed by atoms with Gasteiger partial charge in [-0.25, -0.2) is 4.79 Å². The van der Waals surface area contributed by atoms with Crippen LogP contribution in [0, 0.1) is 29.6 Å². The summed E-state index contributed by atoms with van der Waals surface area (Å²) in [5, 5.41) is 5.62. The second kappa shape index (κ2) is 17.2. The van der Waals surface area contributed by atoms with Crippen LogP contribution in [0.2, 0.25) is 0 Å². The van der Waals surface area contributed by atoms with Gasteiger partial charge in [0.25, 0.3) is 10.1 Å². The molecule has 3 atom stereocenters. The molecule has 0 spiro atoms. The highest BCUT2D eigenvalue weighted by molar-refractivity contribution is 7.85. The lowest BCUT2D eigenvalue weighted by Crippen LogP contribution is -2.35. The number of unbranched alkanes of at least 4 members (excludes halogenated alkanes) is 2. The second-order valence-electron chi connectivity index (χ2n) is 16.4. The number of anilines is 1. The Hall–Kier alpha value is -4.66. The summed E-state index contributed by atoms with van der Waals surface area (Å²) in [5.74, 6) is 8.03.